The van der Waals surface area contributed by atoms with Gasteiger partial charge in [0.15, 0.2) is 0 Å². The summed E-state index contributed by atoms with van der Waals surface area (Å²) in [4.78, 5) is 11.9. The van der Waals surface area contributed by atoms with Crippen LogP contribution < -0.4 is 0 Å². The molecule has 2 N–H and O–H groups in total. The number of carbonyl (C=O) groups excluding carboxylic acids is 1. The summed E-state index contributed by atoms with van der Waals surface area (Å²) in [5, 5.41) is 19.3. The minimum absolute atomic E-state index is 0.00860. The van der Waals surface area contributed by atoms with E-state index >= 15 is 0 Å². The number of ether oxygens (including phenoxy) is 1. The second-order valence-electron chi connectivity index (χ2n) is 5.80. The topological polar surface area (TPSA) is 66.8 Å². The Labute approximate surface area is 131 Å². The molecule has 0 radical (unpaired) electrons. The van der Waals surface area contributed by atoms with Gasteiger partial charge in [-0.15, -0.1) is 0 Å². The molecule has 0 amide bonds. The number of carbonyl (C=O) groups is 1. The zero-order valence-electron chi connectivity index (χ0n) is 13.2. The molecule has 4 nitrogen and oxygen atoms in total. The molecule has 0 spiro atoms. The Morgan fingerprint density at radius 1 is 1.27 bits per heavy atom. The van der Waals surface area contributed by atoms with Crippen molar-refractivity contribution < 1.29 is 19.7 Å². The number of esters is 1. The molecule has 2 atom stereocenters. The number of aliphatic hydroxyl groups excluding tert-OH is 2. The van der Waals surface area contributed by atoms with Crippen molar-refractivity contribution in [1.82, 2.24) is 0 Å². The van der Waals surface area contributed by atoms with Crippen LogP contribution in [0.5, 0.6) is 0 Å². The highest BCUT2D eigenvalue weighted by atomic mass is 16.5. The fourth-order valence-electron chi connectivity index (χ4n) is 3.26. The normalized spacial score (nSPS) is 21.3. The predicted octanol–water partition coefficient (Wildman–Crippen LogP) is 2.33. The first-order chi connectivity index (χ1) is 10.6. The predicted molar refractivity (Wildman–Crippen MR) is 84.5 cm³/mol. The maximum Gasteiger partial charge on any atom is 0.309 e. The molecule has 1 aromatic rings. The van der Waals surface area contributed by atoms with E-state index in [4.69, 9.17) is 4.74 Å². The molecule has 120 valence electrons. The minimum atomic E-state index is -0.279. The molecule has 0 unspecified atom stereocenters. The third kappa shape index (κ3) is 3.57. The fraction of sp³-hybridized carbons (Fsp3) is 0.500. The van der Waals surface area contributed by atoms with Crippen LogP contribution in [0, 0.1) is 12.8 Å². The zero-order chi connectivity index (χ0) is 16.1. The summed E-state index contributed by atoms with van der Waals surface area (Å²) in [5.41, 5.74) is 4.01. The van der Waals surface area contributed by atoms with Gasteiger partial charge in [-0.25, -0.2) is 0 Å². The van der Waals surface area contributed by atoms with Crippen molar-refractivity contribution in [2.75, 3.05) is 19.8 Å². The Kier molecular flexibility index (Phi) is 5.75. The Morgan fingerprint density at radius 2 is 1.95 bits per heavy atom. The third-order valence-corrected chi connectivity index (χ3v) is 4.31. The van der Waals surface area contributed by atoms with Crippen molar-refractivity contribution in [1.29, 1.82) is 0 Å². The number of aliphatic hydroxyl groups is 2. The van der Waals surface area contributed by atoms with Crippen LogP contribution >= 0.6 is 0 Å². The van der Waals surface area contributed by atoms with Crippen molar-refractivity contribution in [3.63, 3.8) is 0 Å². The number of rotatable bonds is 6. The summed E-state index contributed by atoms with van der Waals surface area (Å²) in [6.07, 6.45) is 0.805. The Balaban J connectivity index is 2.34. The molecule has 0 aliphatic heterocycles. The van der Waals surface area contributed by atoms with Gasteiger partial charge in [0.2, 0.25) is 0 Å². The molecule has 0 heterocycles. The second kappa shape index (κ2) is 7.56. The summed E-state index contributed by atoms with van der Waals surface area (Å²) in [6.45, 7) is 4.11. The molecular weight excluding hydrogens is 280 g/mol. The van der Waals surface area contributed by atoms with Crippen LogP contribution in [0.4, 0.5) is 0 Å². The molecule has 1 aromatic carbocycles. The first-order valence-electron chi connectivity index (χ1n) is 7.75. The summed E-state index contributed by atoms with van der Waals surface area (Å²) >= 11 is 0. The van der Waals surface area contributed by atoms with E-state index in [1.165, 1.54) is 5.56 Å². The van der Waals surface area contributed by atoms with Gasteiger partial charge in [0, 0.05) is 12.5 Å². The van der Waals surface area contributed by atoms with Gasteiger partial charge in [-0.1, -0.05) is 29.8 Å². The van der Waals surface area contributed by atoms with Crippen molar-refractivity contribution >= 4 is 5.97 Å². The van der Waals surface area contributed by atoms with Crippen LogP contribution in [-0.2, 0) is 9.53 Å². The van der Waals surface area contributed by atoms with E-state index in [1.807, 2.05) is 31.2 Å². The monoisotopic (exact) mass is 304 g/mol. The van der Waals surface area contributed by atoms with Gasteiger partial charge in [-0.05, 0) is 42.9 Å². The van der Waals surface area contributed by atoms with Gasteiger partial charge in [0.1, 0.15) is 0 Å². The van der Waals surface area contributed by atoms with Crippen molar-refractivity contribution in [3.8, 4) is 0 Å². The molecular formula is C18H24O4. The average molecular weight is 304 g/mol. The smallest absolute Gasteiger partial charge is 0.309 e. The number of hydrogen-bond donors (Lipinski definition) is 2. The van der Waals surface area contributed by atoms with E-state index in [9.17, 15) is 15.0 Å². The van der Waals surface area contributed by atoms with Gasteiger partial charge in [-0.3, -0.25) is 4.79 Å². The molecule has 0 bridgehead atoms. The minimum Gasteiger partial charge on any atom is -0.466 e. The average Bonchev–Trinajstić information content (AvgIpc) is 2.86. The zero-order valence-corrected chi connectivity index (χ0v) is 13.2. The largest absolute Gasteiger partial charge is 0.466 e. The van der Waals surface area contributed by atoms with Crippen LogP contribution in [-0.4, -0.2) is 36.0 Å². The highest BCUT2D eigenvalue weighted by Gasteiger charge is 2.36. The van der Waals surface area contributed by atoms with Crippen LogP contribution in [0.1, 0.15) is 36.8 Å². The number of aryl methyl sites for hydroxylation is 1. The quantitative estimate of drug-likeness (QED) is 0.625. The molecule has 1 aliphatic carbocycles. The van der Waals surface area contributed by atoms with Crippen LogP contribution in [0.15, 0.2) is 35.4 Å². The molecule has 0 saturated heterocycles. The molecule has 1 aliphatic rings. The standard InChI is InChI=1S/C18H24O4/c1-3-22-17(21)9-16-14(10-19)8-15(11-20)18(16)13-6-4-12(2)5-7-13/h4-7,15,18-20H,3,8-11H2,1-2H3/t15-,18+/m0/s1. The fourth-order valence-corrected chi connectivity index (χ4v) is 3.26. The lowest BCUT2D eigenvalue weighted by atomic mass is 9.83. The molecule has 0 saturated carbocycles. The summed E-state index contributed by atoms with van der Waals surface area (Å²) < 4.78 is 5.05. The number of hydrogen-bond acceptors (Lipinski definition) is 4. The lowest BCUT2D eigenvalue weighted by Crippen LogP contribution is -2.16. The molecule has 0 fully saturated rings. The summed E-state index contributed by atoms with van der Waals surface area (Å²) in [6, 6.07) is 8.13. The lowest BCUT2D eigenvalue weighted by Gasteiger charge is -2.22. The Hall–Kier alpha value is -1.65. The second-order valence-corrected chi connectivity index (χ2v) is 5.80. The van der Waals surface area contributed by atoms with E-state index in [1.54, 1.807) is 6.92 Å². The van der Waals surface area contributed by atoms with E-state index in [0.29, 0.717) is 13.0 Å². The molecule has 0 aromatic heterocycles. The highest BCUT2D eigenvalue weighted by Crippen LogP contribution is 2.45. The van der Waals surface area contributed by atoms with Gasteiger partial charge >= 0.3 is 5.97 Å². The molecule has 2 rings (SSSR count). The van der Waals surface area contributed by atoms with Gasteiger partial charge in [-0.2, -0.15) is 0 Å². The summed E-state index contributed by atoms with van der Waals surface area (Å²) in [5.74, 6) is -0.300. The SMILES string of the molecule is CCOC(=O)CC1=C(CO)C[C@@H](CO)[C@H]1c1ccc(C)cc1. The van der Waals surface area contributed by atoms with Crippen molar-refractivity contribution in [2.45, 2.75) is 32.6 Å². The van der Waals surface area contributed by atoms with E-state index in [-0.39, 0.29) is 37.4 Å². The maximum atomic E-state index is 11.9. The van der Waals surface area contributed by atoms with Crippen LogP contribution in [0.25, 0.3) is 0 Å². The van der Waals surface area contributed by atoms with Crippen molar-refractivity contribution in [2.24, 2.45) is 5.92 Å². The molecule has 22 heavy (non-hydrogen) atoms. The summed E-state index contributed by atoms with van der Waals surface area (Å²) in [7, 11) is 0. The lowest BCUT2D eigenvalue weighted by molar-refractivity contribution is -0.142. The number of benzene rings is 1. The Bertz CT molecular complexity index is 545. The molecule has 4 heteroatoms. The van der Waals surface area contributed by atoms with Crippen LogP contribution in [0.2, 0.25) is 0 Å². The Morgan fingerprint density at radius 3 is 2.50 bits per heavy atom. The van der Waals surface area contributed by atoms with Gasteiger partial charge < -0.3 is 14.9 Å². The van der Waals surface area contributed by atoms with Gasteiger partial charge in [0.25, 0.3) is 0 Å². The first kappa shape index (κ1) is 16.7. The van der Waals surface area contributed by atoms with E-state index in [0.717, 1.165) is 16.7 Å². The van der Waals surface area contributed by atoms with E-state index in [2.05, 4.69) is 0 Å². The maximum absolute atomic E-state index is 11.9. The van der Waals surface area contributed by atoms with Crippen molar-refractivity contribution in [3.05, 3.63) is 46.5 Å². The van der Waals surface area contributed by atoms with Gasteiger partial charge in [0.05, 0.1) is 19.6 Å². The highest BCUT2D eigenvalue weighted by molar-refractivity contribution is 5.73. The van der Waals surface area contributed by atoms with E-state index < -0.39 is 0 Å². The first-order valence-corrected chi connectivity index (χ1v) is 7.75. The third-order valence-electron chi connectivity index (χ3n) is 4.31. The van der Waals surface area contributed by atoms with Crippen LogP contribution in [0.3, 0.4) is 0 Å².